The molecule has 1 fully saturated rings. The molecule has 0 saturated carbocycles. The van der Waals surface area contributed by atoms with Crippen molar-refractivity contribution in [2.45, 2.75) is 53.0 Å². The van der Waals surface area contributed by atoms with Crippen LogP contribution in [0.3, 0.4) is 0 Å². The average Bonchev–Trinajstić information content (AvgIpc) is 3.06. The number of hydrogen-bond donors (Lipinski definition) is 0. The van der Waals surface area contributed by atoms with E-state index in [9.17, 15) is 0 Å². The van der Waals surface area contributed by atoms with Crippen molar-refractivity contribution < 1.29 is 0 Å². The van der Waals surface area contributed by atoms with Crippen LogP contribution in [0, 0.1) is 6.92 Å². The molecule has 0 amide bonds. The predicted octanol–water partition coefficient (Wildman–Crippen LogP) is 2.88. The van der Waals surface area contributed by atoms with Crippen molar-refractivity contribution in [3.05, 3.63) is 11.5 Å². The van der Waals surface area contributed by atoms with Crippen LogP contribution in [-0.2, 0) is 6.54 Å². The maximum atomic E-state index is 4.86. The molecule has 0 aromatic carbocycles. The first-order valence-corrected chi connectivity index (χ1v) is 7.61. The SMILES string of the molecule is CCn1nc(C)c2nc(C(C)C)nc(N3CCCC3)c21. The zero-order valence-corrected chi connectivity index (χ0v) is 12.8. The summed E-state index contributed by atoms with van der Waals surface area (Å²) in [6.07, 6.45) is 2.50. The Morgan fingerprint density at radius 3 is 2.45 bits per heavy atom. The summed E-state index contributed by atoms with van der Waals surface area (Å²) >= 11 is 0. The molecule has 0 radical (unpaired) electrons. The Bertz CT molecular complexity index is 623. The van der Waals surface area contributed by atoms with Crippen molar-refractivity contribution in [1.82, 2.24) is 19.7 Å². The minimum atomic E-state index is 0.338. The molecule has 108 valence electrons. The normalized spacial score (nSPS) is 15.8. The Balaban J connectivity index is 2.27. The van der Waals surface area contributed by atoms with Crippen molar-refractivity contribution in [3.63, 3.8) is 0 Å². The van der Waals surface area contributed by atoms with E-state index in [1.807, 2.05) is 11.6 Å². The summed E-state index contributed by atoms with van der Waals surface area (Å²) in [5, 5.41) is 4.63. The zero-order chi connectivity index (χ0) is 14.3. The van der Waals surface area contributed by atoms with E-state index in [0.29, 0.717) is 5.92 Å². The molecule has 5 nitrogen and oxygen atoms in total. The number of anilines is 1. The van der Waals surface area contributed by atoms with Gasteiger partial charge in [-0.05, 0) is 26.7 Å². The quantitative estimate of drug-likeness (QED) is 0.862. The van der Waals surface area contributed by atoms with Crippen LogP contribution in [0.5, 0.6) is 0 Å². The molecule has 0 unspecified atom stereocenters. The van der Waals surface area contributed by atoms with E-state index in [1.54, 1.807) is 0 Å². The second kappa shape index (κ2) is 5.04. The lowest BCUT2D eigenvalue weighted by Crippen LogP contribution is -2.21. The third-order valence-corrected chi connectivity index (χ3v) is 3.98. The van der Waals surface area contributed by atoms with Crippen LogP contribution in [0.15, 0.2) is 0 Å². The molecule has 0 atom stereocenters. The van der Waals surface area contributed by atoms with Crippen LogP contribution in [0.2, 0.25) is 0 Å². The Labute approximate surface area is 120 Å². The summed E-state index contributed by atoms with van der Waals surface area (Å²) in [4.78, 5) is 12.0. The van der Waals surface area contributed by atoms with Crippen molar-refractivity contribution in [3.8, 4) is 0 Å². The number of fused-ring (bicyclic) bond motifs is 1. The van der Waals surface area contributed by atoms with Gasteiger partial charge < -0.3 is 4.90 Å². The minimum absolute atomic E-state index is 0.338. The summed E-state index contributed by atoms with van der Waals surface area (Å²) in [6, 6.07) is 0. The predicted molar refractivity (Wildman–Crippen MR) is 81.3 cm³/mol. The van der Waals surface area contributed by atoms with E-state index < -0.39 is 0 Å². The second-order valence-electron chi connectivity index (χ2n) is 5.85. The summed E-state index contributed by atoms with van der Waals surface area (Å²) < 4.78 is 2.04. The molecule has 3 rings (SSSR count). The van der Waals surface area contributed by atoms with E-state index in [2.05, 4.69) is 30.8 Å². The molecule has 3 heterocycles. The average molecular weight is 273 g/mol. The minimum Gasteiger partial charge on any atom is -0.355 e. The molecule has 0 aliphatic carbocycles. The van der Waals surface area contributed by atoms with Gasteiger partial charge in [-0.1, -0.05) is 13.8 Å². The first-order chi connectivity index (χ1) is 9.61. The highest BCUT2D eigenvalue weighted by Crippen LogP contribution is 2.30. The topological polar surface area (TPSA) is 46.8 Å². The summed E-state index contributed by atoms with van der Waals surface area (Å²) in [7, 11) is 0. The third-order valence-electron chi connectivity index (χ3n) is 3.98. The van der Waals surface area contributed by atoms with E-state index in [-0.39, 0.29) is 0 Å². The highest BCUT2D eigenvalue weighted by Gasteiger charge is 2.23. The molecule has 0 N–H and O–H groups in total. The lowest BCUT2D eigenvalue weighted by molar-refractivity contribution is 0.673. The fraction of sp³-hybridized carbons (Fsp3) is 0.667. The largest absolute Gasteiger partial charge is 0.355 e. The maximum Gasteiger partial charge on any atom is 0.158 e. The summed E-state index contributed by atoms with van der Waals surface area (Å²) in [6.45, 7) is 11.5. The van der Waals surface area contributed by atoms with E-state index in [4.69, 9.17) is 9.97 Å². The van der Waals surface area contributed by atoms with Gasteiger partial charge in [0.1, 0.15) is 16.9 Å². The lowest BCUT2D eigenvalue weighted by atomic mass is 10.2. The smallest absolute Gasteiger partial charge is 0.158 e. The zero-order valence-electron chi connectivity index (χ0n) is 12.8. The first-order valence-electron chi connectivity index (χ1n) is 7.61. The first kappa shape index (κ1) is 13.3. The van der Waals surface area contributed by atoms with Gasteiger partial charge in [0.25, 0.3) is 0 Å². The van der Waals surface area contributed by atoms with Crippen molar-refractivity contribution in [2.75, 3.05) is 18.0 Å². The summed E-state index contributed by atoms with van der Waals surface area (Å²) in [5.74, 6) is 2.35. The van der Waals surface area contributed by atoms with Crippen LogP contribution >= 0.6 is 0 Å². The molecular weight excluding hydrogens is 250 g/mol. The Morgan fingerprint density at radius 2 is 1.85 bits per heavy atom. The highest BCUT2D eigenvalue weighted by atomic mass is 15.3. The van der Waals surface area contributed by atoms with Crippen molar-refractivity contribution >= 4 is 16.9 Å². The Morgan fingerprint density at radius 1 is 1.15 bits per heavy atom. The number of nitrogens with zero attached hydrogens (tertiary/aromatic N) is 5. The van der Waals surface area contributed by atoms with Crippen LogP contribution in [0.25, 0.3) is 11.0 Å². The van der Waals surface area contributed by atoms with Gasteiger partial charge in [0.15, 0.2) is 5.82 Å². The Hall–Kier alpha value is -1.65. The molecule has 5 heteroatoms. The molecule has 1 aliphatic rings. The van der Waals surface area contributed by atoms with Gasteiger partial charge in [-0.2, -0.15) is 5.10 Å². The monoisotopic (exact) mass is 273 g/mol. The van der Waals surface area contributed by atoms with Crippen molar-refractivity contribution in [1.29, 1.82) is 0 Å². The van der Waals surface area contributed by atoms with E-state index in [0.717, 1.165) is 48.0 Å². The van der Waals surface area contributed by atoms with Crippen LogP contribution in [-0.4, -0.2) is 32.8 Å². The van der Waals surface area contributed by atoms with E-state index in [1.165, 1.54) is 12.8 Å². The third kappa shape index (κ3) is 2.05. The van der Waals surface area contributed by atoms with Gasteiger partial charge in [0.05, 0.1) is 5.69 Å². The van der Waals surface area contributed by atoms with Crippen LogP contribution in [0.4, 0.5) is 5.82 Å². The number of aromatic nitrogens is 4. The molecular formula is C15H23N5. The fourth-order valence-electron chi connectivity index (χ4n) is 2.86. The van der Waals surface area contributed by atoms with Gasteiger partial charge in [-0.3, -0.25) is 4.68 Å². The van der Waals surface area contributed by atoms with Gasteiger partial charge in [0, 0.05) is 25.6 Å². The molecule has 0 bridgehead atoms. The number of rotatable bonds is 3. The fourth-order valence-corrected chi connectivity index (χ4v) is 2.86. The van der Waals surface area contributed by atoms with Gasteiger partial charge in [-0.25, -0.2) is 9.97 Å². The van der Waals surface area contributed by atoms with Gasteiger partial charge in [0.2, 0.25) is 0 Å². The number of aryl methyl sites for hydroxylation is 2. The maximum absolute atomic E-state index is 4.86. The van der Waals surface area contributed by atoms with Crippen molar-refractivity contribution in [2.24, 2.45) is 0 Å². The highest BCUT2D eigenvalue weighted by molar-refractivity contribution is 5.88. The Kier molecular flexibility index (Phi) is 3.36. The second-order valence-corrected chi connectivity index (χ2v) is 5.85. The lowest BCUT2D eigenvalue weighted by Gasteiger charge is -2.19. The molecule has 0 spiro atoms. The molecule has 1 saturated heterocycles. The molecule has 20 heavy (non-hydrogen) atoms. The van der Waals surface area contributed by atoms with Gasteiger partial charge in [-0.15, -0.1) is 0 Å². The van der Waals surface area contributed by atoms with E-state index >= 15 is 0 Å². The molecule has 2 aromatic rings. The number of hydrogen-bond acceptors (Lipinski definition) is 4. The molecule has 1 aliphatic heterocycles. The van der Waals surface area contributed by atoms with Gasteiger partial charge >= 0.3 is 0 Å². The molecule has 2 aromatic heterocycles. The standard InChI is InChI=1S/C15H23N5/c1-5-20-13-12(11(4)18-20)16-14(10(2)3)17-15(13)19-8-6-7-9-19/h10H,5-9H2,1-4H3. The van der Waals surface area contributed by atoms with Crippen LogP contribution < -0.4 is 4.90 Å². The summed E-state index contributed by atoms with van der Waals surface area (Å²) in [5.41, 5.74) is 3.13. The van der Waals surface area contributed by atoms with Crippen LogP contribution in [0.1, 0.15) is 51.0 Å².